The SMILES string of the molecule is NC1(C(=O)NCc2ncc(Nc3ccc(F)cc3C(F)(F)F)cc2Cl)CCOC1. The number of anilines is 2. The Labute approximate surface area is 168 Å². The molecular formula is C18H17ClF4N4O2. The standard InChI is InChI=1S/C18H17ClF4N4O2/c19-13-6-11(27-14-2-1-10(20)5-12(14)18(21,22)23)7-25-15(13)8-26-16(28)17(24)3-4-29-9-17/h1-2,5-7,27H,3-4,8-9,24H2,(H,26,28). The summed E-state index contributed by atoms with van der Waals surface area (Å²) in [7, 11) is 0. The summed E-state index contributed by atoms with van der Waals surface area (Å²) in [5, 5.41) is 5.28. The molecule has 1 fully saturated rings. The molecule has 1 amide bonds. The highest BCUT2D eigenvalue weighted by atomic mass is 35.5. The molecule has 1 unspecified atom stereocenters. The Kier molecular flexibility index (Phi) is 5.97. The fourth-order valence-corrected chi connectivity index (χ4v) is 3.01. The summed E-state index contributed by atoms with van der Waals surface area (Å²) in [6.45, 7) is 0.496. The number of carbonyl (C=O) groups is 1. The van der Waals surface area contributed by atoms with Crippen molar-refractivity contribution in [3.63, 3.8) is 0 Å². The van der Waals surface area contributed by atoms with E-state index in [1.165, 1.54) is 12.3 Å². The zero-order valence-corrected chi connectivity index (χ0v) is 15.7. The summed E-state index contributed by atoms with van der Waals surface area (Å²) in [5.74, 6) is -1.41. The average Bonchev–Trinajstić information content (AvgIpc) is 3.09. The number of carbonyl (C=O) groups excluding carboxylic acids is 1. The zero-order valence-electron chi connectivity index (χ0n) is 14.9. The van der Waals surface area contributed by atoms with Gasteiger partial charge in [0.1, 0.15) is 11.4 Å². The highest BCUT2D eigenvalue weighted by molar-refractivity contribution is 6.31. The van der Waals surface area contributed by atoms with Crippen molar-refractivity contribution < 1.29 is 27.1 Å². The molecule has 2 aromatic rings. The van der Waals surface area contributed by atoms with E-state index in [4.69, 9.17) is 22.1 Å². The number of amides is 1. The fourth-order valence-electron chi connectivity index (χ4n) is 2.78. The lowest BCUT2D eigenvalue weighted by Gasteiger charge is -2.20. The molecule has 0 bridgehead atoms. The van der Waals surface area contributed by atoms with Crippen LogP contribution in [0.15, 0.2) is 30.5 Å². The predicted octanol–water partition coefficient (Wildman–Crippen LogP) is 3.37. The monoisotopic (exact) mass is 432 g/mol. The largest absolute Gasteiger partial charge is 0.418 e. The Bertz CT molecular complexity index is 917. The molecule has 0 spiro atoms. The van der Waals surface area contributed by atoms with E-state index < -0.39 is 29.0 Å². The summed E-state index contributed by atoms with van der Waals surface area (Å²) in [6, 6.07) is 3.64. The first-order chi connectivity index (χ1) is 13.6. The van der Waals surface area contributed by atoms with E-state index in [0.29, 0.717) is 24.8 Å². The number of ether oxygens (including phenoxy) is 1. The van der Waals surface area contributed by atoms with Crippen molar-refractivity contribution in [2.75, 3.05) is 18.5 Å². The number of nitrogens with zero attached hydrogens (tertiary/aromatic N) is 1. The molecule has 1 atom stereocenters. The van der Waals surface area contributed by atoms with Gasteiger partial charge < -0.3 is 21.1 Å². The number of nitrogens with one attached hydrogen (secondary N) is 2. The maximum Gasteiger partial charge on any atom is 0.418 e. The minimum Gasteiger partial charge on any atom is -0.379 e. The van der Waals surface area contributed by atoms with Crippen LogP contribution in [0, 0.1) is 5.82 Å². The Morgan fingerprint density at radius 3 is 2.72 bits per heavy atom. The average molecular weight is 433 g/mol. The van der Waals surface area contributed by atoms with Crippen molar-refractivity contribution in [1.82, 2.24) is 10.3 Å². The summed E-state index contributed by atoms with van der Waals surface area (Å²) in [6.07, 6.45) is -3.09. The van der Waals surface area contributed by atoms with Crippen molar-refractivity contribution in [2.45, 2.75) is 24.7 Å². The van der Waals surface area contributed by atoms with Crippen molar-refractivity contribution in [1.29, 1.82) is 0 Å². The molecule has 156 valence electrons. The van der Waals surface area contributed by atoms with Crippen LogP contribution >= 0.6 is 11.6 Å². The van der Waals surface area contributed by atoms with Gasteiger partial charge in [-0.05, 0) is 30.7 Å². The first-order valence-electron chi connectivity index (χ1n) is 8.52. The smallest absolute Gasteiger partial charge is 0.379 e. The summed E-state index contributed by atoms with van der Waals surface area (Å²) in [5.41, 5.74) is 3.83. The molecule has 0 saturated carbocycles. The molecule has 3 rings (SSSR count). The molecule has 1 aromatic heterocycles. The van der Waals surface area contributed by atoms with E-state index in [0.717, 1.165) is 12.1 Å². The van der Waals surface area contributed by atoms with Gasteiger partial charge >= 0.3 is 6.18 Å². The molecule has 2 heterocycles. The summed E-state index contributed by atoms with van der Waals surface area (Å²) in [4.78, 5) is 16.3. The molecule has 1 aliphatic rings. The minimum absolute atomic E-state index is 0.0127. The lowest BCUT2D eigenvalue weighted by atomic mass is 9.99. The Morgan fingerprint density at radius 1 is 1.34 bits per heavy atom. The van der Waals surface area contributed by atoms with Crippen LogP contribution in [0.3, 0.4) is 0 Å². The first-order valence-corrected chi connectivity index (χ1v) is 8.89. The molecule has 1 aromatic carbocycles. The number of nitrogens with two attached hydrogens (primary N) is 1. The summed E-state index contributed by atoms with van der Waals surface area (Å²) >= 11 is 6.14. The van der Waals surface area contributed by atoms with Crippen LogP contribution in [0.4, 0.5) is 28.9 Å². The minimum atomic E-state index is -4.74. The van der Waals surface area contributed by atoms with Crippen molar-refractivity contribution >= 4 is 28.9 Å². The van der Waals surface area contributed by atoms with Gasteiger partial charge in [0.2, 0.25) is 5.91 Å². The Balaban J connectivity index is 1.71. The van der Waals surface area contributed by atoms with Crippen LogP contribution in [-0.4, -0.2) is 29.6 Å². The van der Waals surface area contributed by atoms with Gasteiger partial charge in [-0.15, -0.1) is 0 Å². The van der Waals surface area contributed by atoms with Gasteiger partial charge in [0, 0.05) is 6.61 Å². The van der Waals surface area contributed by atoms with Crippen LogP contribution < -0.4 is 16.4 Å². The van der Waals surface area contributed by atoms with E-state index >= 15 is 0 Å². The van der Waals surface area contributed by atoms with Crippen molar-refractivity contribution in [3.8, 4) is 0 Å². The first kappa shape index (κ1) is 21.3. The maximum atomic E-state index is 13.2. The molecule has 4 N–H and O–H groups in total. The molecule has 29 heavy (non-hydrogen) atoms. The summed E-state index contributed by atoms with van der Waals surface area (Å²) < 4.78 is 57.6. The molecule has 11 heteroatoms. The molecule has 0 aliphatic carbocycles. The molecule has 1 aliphatic heterocycles. The van der Waals surface area contributed by atoms with E-state index in [1.807, 2.05) is 0 Å². The number of rotatable bonds is 5. The quantitative estimate of drug-likeness (QED) is 0.630. The van der Waals surface area contributed by atoms with Crippen molar-refractivity contribution in [2.24, 2.45) is 5.73 Å². The van der Waals surface area contributed by atoms with Crippen LogP contribution in [0.5, 0.6) is 0 Å². The second-order valence-electron chi connectivity index (χ2n) is 6.61. The third-order valence-corrected chi connectivity index (χ3v) is 4.73. The molecule has 0 radical (unpaired) electrons. The van der Waals surface area contributed by atoms with Gasteiger partial charge in [-0.1, -0.05) is 11.6 Å². The van der Waals surface area contributed by atoms with E-state index in [-0.39, 0.29) is 29.5 Å². The Morgan fingerprint density at radius 2 is 2.10 bits per heavy atom. The van der Waals surface area contributed by atoms with Gasteiger partial charge in [-0.3, -0.25) is 9.78 Å². The highest BCUT2D eigenvalue weighted by Crippen LogP contribution is 2.36. The Hall–Kier alpha value is -2.43. The number of alkyl halides is 3. The molecule has 1 saturated heterocycles. The second-order valence-corrected chi connectivity index (χ2v) is 7.01. The van der Waals surface area contributed by atoms with Crippen LogP contribution in [0.1, 0.15) is 17.7 Å². The topological polar surface area (TPSA) is 89.3 Å². The van der Waals surface area contributed by atoms with Gasteiger partial charge in [0.15, 0.2) is 0 Å². The van der Waals surface area contributed by atoms with Gasteiger partial charge in [0.05, 0.1) is 47.0 Å². The number of halogens is 5. The lowest BCUT2D eigenvalue weighted by molar-refractivity contribution is -0.137. The maximum absolute atomic E-state index is 13.2. The van der Waals surface area contributed by atoms with Crippen LogP contribution in [0.25, 0.3) is 0 Å². The van der Waals surface area contributed by atoms with E-state index in [9.17, 15) is 22.4 Å². The second kappa shape index (κ2) is 8.13. The van der Waals surface area contributed by atoms with Crippen LogP contribution in [-0.2, 0) is 22.3 Å². The van der Waals surface area contributed by atoms with Gasteiger partial charge in [-0.25, -0.2) is 4.39 Å². The van der Waals surface area contributed by atoms with E-state index in [1.54, 1.807) is 0 Å². The van der Waals surface area contributed by atoms with Gasteiger partial charge in [0.25, 0.3) is 0 Å². The predicted molar refractivity (Wildman–Crippen MR) is 98.1 cm³/mol. The fraction of sp³-hybridized carbons (Fsp3) is 0.333. The third kappa shape index (κ3) is 4.95. The molecular weight excluding hydrogens is 416 g/mol. The van der Waals surface area contributed by atoms with Crippen molar-refractivity contribution in [3.05, 3.63) is 52.6 Å². The number of hydrogen-bond donors (Lipinski definition) is 3. The van der Waals surface area contributed by atoms with Gasteiger partial charge in [-0.2, -0.15) is 13.2 Å². The number of hydrogen-bond acceptors (Lipinski definition) is 5. The molecule has 6 nitrogen and oxygen atoms in total. The third-order valence-electron chi connectivity index (χ3n) is 4.40. The van der Waals surface area contributed by atoms with Crippen LogP contribution in [0.2, 0.25) is 5.02 Å². The number of pyridine rings is 1. The number of benzene rings is 1. The number of aromatic nitrogens is 1. The zero-order chi connectivity index (χ0) is 21.2. The van der Waals surface area contributed by atoms with E-state index in [2.05, 4.69) is 15.6 Å². The lowest BCUT2D eigenvalue weighted by Crippen LogP contribution is -2.54. The highest BCUT2D eigenvalue weighted by Gasteiger charge is 2.38. The normalized spacial score (nSPS) is 19.2.